The summed E-state index contributed by atoms with van der Waals surface area (Å²) >= 11 is 0. The number of hydrogen-bond acceptors (Lipinski definition) is 5. The zero-order valence-corrected chi connectivity index (χ0v) is 16.9. The van der Waals surface area contributed by atoms with Crippen molar-refractivity contribution >= 4 is 17.2 Å². The van der Waals surface area contributed by atoms with E-state index in [0.717, 1.165) is 16.9 Å². The Kier molecular flexibility index (Phi) is 5.81. The number of carbonyl (C=O) groups excluding carboxylic acids is 1. The number of anilines is 1. The number of fused-ring (bicyclic) bond motifs is 1. The highest BCUT2D eigenvalue weighted by Crippen LogP contribution is 2.19. The first-order chi connectivity index (χ1) is 15.1. The van der Waals surface area contributed by atoms with Gasteiger partial charge in [0, 0.05) is 23.6 Å². The molecule has 0 unspecified atom stereocenters. The molecule has 154 valence electrons. The third-order valence-corrected chi connectivity index (χ3v) is 4.63. The van der Waals surface area contributed by atoms with Gasteiger partial charge in [-0.3, -0.25) is 4.79 Å². The number of nitrogens with zero attached hydrogens (tertiary/aromatic N) is 3. The summed E-state index contributed by atoms with van der Waals surface area (Å²) in [5.74, 6) is 0.901. The summed E-state index contributed by atoms with van der Waals surface area (Å²) in [5, 5.41) is 11.4. The lowest BCUT2D eigenvalue weighted by Crippen LogP contribution is -2.12. The second kappa shape index (κ2) is 9.01. The van der Waals surface area contributed by atoms with Crippen LogP contribution in [0.1, 0.15) is 21.6 Å². The molecule has 0 aliphatic rings. The summed E-state index contributed by atoms with van der Waals surface area (Å²) in [6.45, 7) is 2.30. The molecule has 0 fully saturated rings. The van der Waals surface area contributed by atoms with E-state index in [1.165, 1.54) is 0 Å². The highest BCUT2D eigenvalue weighted by Gasteiger charge is 2.09. The maximum Gasteiger partial charge on any atom is 0.255 e. The van der Waals surface area contributed by atoms with Crippen molar-refractivity contribution in [3.8, 4) is 17.6 Å². The van der Waals surface area contributed by atoms with E-state index in [1.807, 2.05) is 41.9 Å². The number of aryl methyl sites for hydroxylation is 1. The Morgan fingerprint density at radius 1 is 1.10 bits per heavy atom. The standard InChI is InChI=1S/C24H20N4O3/c1-17-4-3-12-28-15-20(26-23(17)28)16-31-22-6-2-5-18(14-22)24(29)27-19-7-9-21(10-8-19)30-13-11-25/h2-10,12,14-15H,13,16H2,1H3,(H,27,29). The number of pyridine rings is 1. The molecule has 1 amide bonds. The third-order valence-electron chi connectivity index (χ3n) is 4.63. The van der Waals surface area contributed by atoms with Crippen LogP contribution in [0.3, 0.4) is 0 Å². The van der Waals surface area contributed by atoms with Crippen molar-refractivity contribution in [2.75, 3.05) is 11.9 Å². The van der Waals surface area contributed by atoms with Gasteiger partial charge in [-0.1, -0.05) is 12.1 Å². The molecular formula is C24H20N4O3. The fourth-order valence-corrected chi connectivity index (χ4v) is 3.11. The quantitative estimate of drug-likeness (QED) is 0.487. The fourth-order valence-electron chi connectivity index (χ4n) is 3.11. The molecule has 4 aromatic rings. The van der Waals surface area contributed by atoms with Crippen LogP contribution in [-0.2, 0) is 6.61 Å². The minimum absolute atomic E-state index is 0.0208. The molecule has 0 radical (unpaired) electrons. The van der Waals surface area contributed by atoms with Gasteiger partial charge < -0.3 is 19.2 Å². The molecule has 0 saturated heterocycles. The van der Waals surface area contributed by atoms with Gasteiger partial charge in [0.15, 0.2) is 6.61 Å². The summed E-state index contributed by atoms with van der Waals surface area (Å²) in [4.78, 5) is 17.2. The minimum atomic E-state index is -0.250. The van der Waals surface area contributed by atoms with E-state index in [1.54, 1.807) is 48.5 Å². The molecule has 2 aromatic heterocycles. The number of amides is 1. The topological polar surface area (TPSA) is 88.6 Å². The van der Waals surface area contributed by atoms with Gasteiger partial charge in [-0.05, 0) is 61.0 Å². The van der Waals surface area contributed by atoms with Gasteiger partial charge in [-0.15, -0.1) is 0 Å². The van der Waals surface area contributed by atoms with E-state index in [-0.39, 0.29) is 12.5 Å². The second-order valence-corrected chi connectivity index (χ2v) is 6.90. The fraction of sp³-hybridized carbons (Fsp3) is 0.125. The van der Waals surface area contributed by atoms with E-state index in [2.05, 4.69) is 10.3 Å². The molecule has 0 aliphatic heterocycles. The number of aromatic nitrogens is 2. The Labute approximate surface area is 179 Å². The van der Waals surface area contributed by atoms with Crippen LogP contribution in [-0.4, -0.2) is 21.9 Å². The summed E-state index contributed by atoms with van der Waals surface area (Å²) < 4.78 is 13.0. The molecule has 2 heterocycles. The highest BCUT2D eigenvalue weighted by molar-refractivity contribution is 6.04. The van der Waals surface area contributed by atoms with E-state index in [9.17, 15) is 4.79 Å². The first-order valence-electron chi connectivity index (χ1n) is 9.69. The number of imidazole rings is 1. The van der Waals surface area contributed by atoms with Crippen LogP contribution in [0.4, 0.5) is 5.69 Å². The van der Waals surface area contributed by atoms with Gasteiger partial charge in [0.05, 0.1) is 5.69 Å². The van der Waals surface area contributed by atoms with Crippen molar-refractivity contribution in [2.45, 2.75) is 13.5 Å². The van der Waals surface area contributed by atoms with E-state index in [0.29, 0.717) is 29.4 Å². The van der Waals surface area contributed by atoms with Crippen molar-refractivity contribution in [1.29, 1.82) is 5.26 Å². The number of hydrogen-bond donors (Lipinski definition) is 1. The monoisotopic (exact) mass is 412 g/mol. The predicted molar refractivity (Wildman–Crippen MR) is 116 cm³/mol. The van der Waals surface area contributed by atoms with Gasteiger partial charge >= 0.3 is 0 Å². The molecule has 7 nitrogen and oxygen atoms in total. The Bertz CT molecular complexity index is 1260. The van der Waals surface area contributed by atoms with Crippen LogP contribution in [0.2, 0.25) is 0 Å². The average Bonchev–Trinajstić information content (AvgIpc) is 3.22. The maximum absolute atomic E-state index is 12.6. The predicted octanol–water partition coefficient (Wildman–Crippen LogP) is 4.38. The van der Waals surface area contributed by atoms with E-state index >= 15 is 0 Å². The number of rotatable bonds is 7. The largest absolute Gasteiger partial charge is 0.487 e. The Morgan fingerprint density at radius 2 is 1.94 bits per heavy atom. The Balaban J connectivity index is 1.39. The molecule has 1 N–H and O–H groups in total. The molecular weight excluding hydrogens is 392 g/mol. The highest BCUT2D eigenvalue weighted by atomic mass is 16.5. The number of nitriles is 1. The lowest BCUT2D eigenvalue weighted by Gasteiger charge is -2.09. The molecule has 4 rings (SSSR count). The Morgan fingerprint density at radius 3 is 2.71 bits per heavy atom. The van der Waals surface area contributed by atoms with Gasteiger partial charge in [0.2, 0.25) is 0 Å². The minimum Gasteiger partial charge on any atom is -0.487 e. The third kappa shape index (κ3) is 4.82. The van der Waals surface area contributed by atoms with Crippen molar-refractivity contribution in [2.24, 2.45) is 0 Å². The zero-order chi connectivity index (χ0) is 21.6. The zero-order valence-electron chi connectivity index (χ0n) is 16.9. The first-order valence-corrected chi connectivity index (χ1v) is 9.69. The van der Waals surface area contributed by atoms with Crippen LogP contribution >= 0.6 is 0 Å². The van der Waals surface area contributed by atoms with Crippen LogP contribution in [0, 0.1) is 18.3 Å². The van der Waals surface area contributed by atoms with Crippen LogP contribution < -0.4 is 14.8 Å². The van der Waals surface area contributed by atoms with Gasteiger partial charge in [0.25, 0.3) is 5.91 Å². The number of ether oxygens (including phenoxy) is 2. The lowest BCUT2D eigenvalue weighted by molar-refractivity contribution is 0.102. The van der Waals surface area contributed by atoms with Crippen LogP contribution in [0.15, 0.2) is 73.1 Å². The summed E-state index contributed by atoms with van der Waals surface area (Å²) in [7, 11) is 0. The summed E-state index contributed by atoms with van der Waals surface area (Å²) in [6, 6.07) is 19.7. The smallest absolute Gasteiger partial charge is 0.255 e. The molecule has 31 heavy (non-hydrogen) atoms. The van der Waals surface area contributed by atoms with E-state index in [4.69, 9.17) is 14.7 Å². The maximum atomic E-state index is 12.6. The molecule has 0 atom stereocenters. The Hall–Kier alpha value is -4.31. The van der Waals surface area contributed by atoms with Gasteiger partial charge in [0.1, 0.15) is 29.8 Å². The lowest BCUT2D eigenvalue weighted by atomic mass is 10.2. The average molecular weight is 412 g/mol. The summed E-state index contributed by atoms with van der Waals surface area (Å²) in [5.41, 5.74) is 3.91. The van der Waals surface area contributed by atoms with Crippen molar-refractivity contribution in [3.05, 3.63) is 89.9 Å². The van der Waals surface area contributed by atoms with Crippen LogP contribution in [0.25, 0.3) is 5.65 Å². The van der Waals surface area contributed by atoms with E-state index < -0.39 is 0 Å². The van der Waals surface area contributed by atoms with Gasteiger partial charge in [-0.2, -0.15) is 5.26 Å². The van der Waals surface area contributed by atoms with Crippen molar-refractivity contribution < 1.29 is 14.3 Å². The molecule has 0 saturated carbocycles. The number of carbonyl (C=O) groups is 1. The van der Waals surface area contributed by atoms with Gasteiger partial charge in [-0.25, -0.2) is 4.98 Å². The number of benzene rings is 2. The molecule has 0 spiro atoms. The van der Waals surface area contributed by atoms with Crippen molar-refractivity contribution in [1.82, 2.24) is 9.38 Å². The summed E-state index contributed by atoms with van der Waals surface area (Å²) in [6.07, 6.45) is 3.88. The first kappa shape index (κ1) is 20.0. The molecule has 0 bridgehead atoms. The molecule has 7 heteroatoms. The SMILES string of the molecule is Cc1cccn2cc(COc3cccc(C(=O)Nc4ccc(OCC#N)cc4)c3)nc12. The van der Waals surface area contributed by atoms with Crippen LogP contribution in [0.5, 0.6) is 11.5 Å². The molecule has 2 aromatic carbocycles. The second-order valence-electron chi connectivity index (χ2n) is 6.90. The molecule has 0 aliphatic carbocycles. The normalized spacial score (nSPS) is 10.5. The number of nitrogens with one attached hydrogen (secondary N) is 1. The van der Waals surface area contributed by atoms with Crippen molar-refractivity contribution in [3.63, 3.8) is 0 Å².